The number of piperazine rings is 1. The van der Waals surface area contributed by atoms with Crippen molar-refractivity contribution in [1.82, 2.24) is 39.9 Å². The summed E-state index contributed by atoms with van der Waals surface area (Å²) in [6.07, 6.45) is 3.22. The number of hydrogen-bond acceptors (Lipinski definition) is 8. The van der Waals surface area contributed by atoms with E-state index in [1.807, 2.05) is 36.7 Å². The molecule has 0 aliphatic carbocycles. The quantitative estimate of drug-likeness (QED) is 0.570. The van der Waals surface area contributed by atoms with E-state index < -0.39 is 0 Å². The highest BCUT2D eigenvalue weighted by Gasteiger charge is 2.22. The van der Waals surface area contributed by atoms with E-state index in [4.69, 9.17) is 0 Å². The van der Waals surface area contributed by atoms with Crippen molar-refractivity contribution < 1.29 is 0 Å². The molecule has 0 unspecified atom stereocenters. The first kappa shape index (κ1) is 16.6. The second-order valence-electron chi connectivity index (χ2n) is 6.86. The number of aryl methyl sites for hydroxylation is 2. The lowest BCUT2D eigenvalue weighted by atomic mass is 10.3. The van der Waals surface area contributed by atoms with Gasteiger partial charge in [-0.2, -0.15) is 5.10 Å². The van der Waals surface area contributed by atoms with Gasteiger partial charge in [0.2, 0.25) is 0 Å². The standard InChI is InChI=1S/C18H20N10/c1-12-9-13(2)28(25-12)15-4-3-14(23-24-15)26-5-7-27(8-6-26)18-16-17(20-10-19-16)21-11-22-18/h3-4,9-11H,5-8H2,1-2H3,(H,19,20,21,22). The van der Waals surface area contributed by atoms with Crippen molar-refractivity contribution in [2.45, 2.75) is 13.8 Å². The highest BCUT2D eigenvalue weighted by Crippen LogP contribution is 2.22. The normalized spacial score (nSPS) is 14.8. The molecule has 5 heterocycles. The molecule has 0 aromatic carbocycles. The smallest absolute Gasteiger partial charge is 0.182 e. The van der Waals surface area contributed by atoms with E-state index in [0.717, 1.165) is 60.5 Å². The minimum atomic E-state index is 0.693. The minimum absolute atomic E-state index is 0.693. The van der Waals surface area contributed by atoms with E-state index in [9.17, 15) is 0 Å². The average Bonchev–Trinajstić information content (AvgIpc) is 3.34. The lowest BCUT2D eigenvalue weighted by molar-refractivity contribution is 0.637. The molecule has 0 radical (unpaired) electrons. The SMILES string of the molecule is Cc1cc(C)n(-c2ccc(N3CCN(c4ncnc5nc[nH]c45)CC3)nn2)n1. The molecule has 4 aromatic heterocycles. The second kappa shape index (κ2) is 6.55. The van der Waals surface area contributed by atoms with Gasteiger partial charge in [-0.1, -0.05) is 0 Å². The number of rotatable bonds is 3. The topological polar surface area (TPSA) is 105 Å². The molecule has 1 saturated heterocycles. The fraction of sp³-hybridized carbons (Fsp3) is 0.333. The van der Waals surface area contributed by atoms with Crippen LogP contribution in [0.4, 0.5) is 11.6 Å². The third-order valence-electron chi connectivity index (χ3n) is 4.97. The molecule has 1 aliphatic heterocycles. The summed E-state index contributed by atoms with van der Waals surface area (Å²) >= 11 is 0. The molecule has 142 valence electrons. The summed E-state index contributed by atoms with van der Waals surface area (Å²) in [5.41, 5.74) is 3.58. The number of aromatic amines is 1. The fourth-order valence-corrected chi connectivity index (χ4v) is 3.60. The highest BCUT2D eigenvalue weighted by atomic mass is 15.4. The molecule has 0 bridgehead atoms. The van der Waals surface area contributed by atoms with Gasteiger partial charge in [-0.15, -0.1) is 10.2 Å². The van der Waals surface area contributed by atoms with Gasteiger partial charge < -0.3 is 14.8 Å². The zero-order valence-electron chi connectivity index (χ0n) is 15.7. The van der Waals surface area contributed by atoms with Crippen molar-refractivity contribution in [2.24, 2.45) is 0 Å². The third kappa shape index (κ3) is 2.82. The number of H-pyrrole nitrogens is 1. The molecule has 1 fully saturated rings. The van der Waals surface area contributed by atoms with Gasteiger partial charge in [-0.05, 0) is 32.0 Å². The summed E-state index contributed by atoms with van der Waals surface area (Å²) in [7, 11) is 0. The van der Waals surface area contributed by atoms with Gasteiger partial charge in [-0.25, -0.2) is 19.6 Å². The lowest BCUT2D eigenvalue weighted by Crippen LogP contribution is -2.47. The maximum Gasteiger partial charge on any atom is 0.182 e. The molecular weight excluding hydrogens is 356 g/mol. The maximum absolute atomic E-state index is 4.46. The summed E-state index contributed by atoms with van der Waals surface area (Å²) < 4.78 is 1.81. The van der Waals surface area contributed by atoms with Crippen LogP contribution >= 0.6 is 0 Å². The van der Waals surface area contributed by atoms with E-state index in [2.05, 4.69) is 45.0 Å². The number of nitrogens with one attached hydrogen (secondary N) is 1. The van der Waals surface area contributed by atoms with Crippen LogP contribution in [0, 0.1) is 13.8 Å². The zero-order chi connectivity index (χ0) is 19.1. The Bertz CT molecular complexity index is 1110. The van der Waals surface area contributed by atoms with Crippen LogP contribution in [0.5, 0.6) is 0 Å². The lowest BCUT2D eigenvalue weighted by Gasteiger charge is -2.35. The van der Waals surface area contributed by atoms with Crippen LogP contribution in [-0.2, 0) is 0 Å². The summed E-state index contributed by atoms with van der Waals surface area (Å²) in [5.74, 6) is 2.50. The second-order valence-corrected chi connectivity index (χ2v) is 6.86. The Kier molecular flexibility index (Phi) is 3.89. The molecule has 10 nitrogen and oxygen atoms in total. The maximum atomic E-state index is 4.46. The van der Waals surface area contributed by atoms with Crippen molar-refractivity contribution in [3.8, 4) is 5.82 Å². The predicted octanol–water partition coefficient (Wildman–Crippen LogP) is 1.27. The van der Waals surface area contributed by atoms with Crippen LogP contribution in [0.25, 0.3) is 17.0 Å². The van der Waals surface area contributed by atoms with Gasteiger partial charge in [0, 0.05) is 31.9 Å². The van der Waals surface area contributed by atoms with Gasteiger partial charge in [0.05, 0.1) is 12.0 Å². The van der Waals surface area contributed by atoms with Gasteiger partial charge in [0.15, 0.2) is 23.1 Å². The number of imidazole rings is 1. The van der Waals surface area contributed by atoms with Crippen LogP contribution in [0.15, 0.2) is 30.9 Å². The van der Waals surface area contributed by atoms with Crippen LogP contribution in [0.1, 0.15) is 11.4 Å². The Morgan fingerprint density at radius 2 is 1.64 bits per heavy atom. The van der Waals surface area contributed by atoms with E-state index in [-0.39, 0.29) is 0 Å². The minimum Gasteiger partial charge on any atom is -0.352 e. The van der Waals surface area contributed by atoms with Crippen molar-refractivity contribution in [1.29, 1.82) is 0 Å². The summed E-state index contributed by atoms with van der Waals surface area (Å²) in [6, 6.07) is 6.00. The van der Waals surface area contributed by atoms with Crippen molar-refractivity contribution in [3.63, 3.8) is 0 Å². The number of anilines is 2. The van der Waals surface area contributed by atoms with Crippen molar-refractivity contribution in [3.05, 3.63) is 42.2 Å². The number of nitrogens with zero attached hydrogens (tertiary/aromatic N) is 9. The predicted molar refractivity (Wildman–Crippen MR) is 105 cm³/mol. The van der Waals surface area contributed by atoms with Crippen LogP contribution in [0.2, 0.25) is 0 Å². The molecule has 28 heavy (non-hydrogen) atoms. The van der Waals surface area contributed by atoms with Gasteiger partial charge in [0.1, 0.15) is 11.8 Å². The third-order valence-corrected chi connectivity index (χ3v) is 4.97. The number of hydrogen-bond donors (Lipinski definition) is 1. The summed E-state index contributed by atoms with van der Waals surface area (Å²) in [5, 5.41) is 13.3. The van der Waals surface area contributed by atoms with Crippen molar-refractivity contribution >= 4 is 22.8 Å². The molecule has 1 aliphatic rings. The molecule has 1 N–H and O–H groups in total. The first-order valence-corrected chi connectivity index (χ1v) is 9.20. The summed E-state index contributed by atoms with van der Waals surface area (Å²) in [4.78, 5) is 20.5. The molecule has 0 saturated carbocycles. The molecule has 0 atom stereocenters. The first-order valence-electron chi connectivity index (χ1n) is 9.20. The van der Waals surface area contributed by atoms with Crippen molar-refractivity contribution in [2.75, 3.05) is 36.0 Å². The Morgan fingerprint density at radius 1 is 0.893 bits per heavy atom. The van der Waals surface area contributed by atoms with Crippen LogP contribution < -0.4 is 9.80 Å². The van der Waals surface area contributed by atoms with Gasteiger partial charge >= 0.3 is 0 Å². The van der Waals surface area contributed by atoms with E-state index in [1.165, 1.54) is 0 Å². The average molecular weight is 376 g/mol. The summed E-state index contributed by atoms with van der Waals surface area (Å²) in [6.45, 7) is 7.34. The van der Waals surface area contributed by atoms with E-state index in [0.29, 0.717) is 5.65 Å². The monoisotopic (exact) mass is 376 g/mol. The van der Waals surface area contributed by atoms with Gasteiger partial charge in [0.25, 0.3) is 0 Å². The first-order chi connectivity index (χ1) is 13.7. The number of fused-ring (bicyclic) bond motifs is 1. The Hall–Kier alpha value is -3.56. The molecule has 0 spiro atoms. The Labute approximate surface area is 161 Å². The van der Waals surface area contributed by atoms with E-state index in [1.54, 1.807) is 12.7 Å². The number of aromatic nitrogens is 8. The zero-order valence-corrected chi connectivity index (χ0v) is 15.7. The Morgan fingerprint density at radius 3 is 2.36 bits per heavy atom. The highest BCUT2D eigenvalue weighted by molar-refractivity contribution is 5.82. The molecule has 0 amide bonds. The fourth-order valence-electron chi connectivity index (χ4n) is 3.60. The Balaban J connectivity index is 1.30. The van der Waals surface area contributed by atoms with Gasteiger partial charge in [-0.3, -0.25) is 0 Å². The van der Waals surface area contributed by atoms with Crippen LogP contribution in [0.3, 0.4) is 0 Å². The van der Waals surface area contributed by atoms with E-state index >= 15 is 0 Å². The van der Waals surface area contributed by atoms with Crippen LogP contribution in [-0.4, -0.2) is 66.1 Å². The molecular formula is C18H20N10. The molecule has 5 rings (SSSR count). The largest absolute Gasteiger partial charge is 0.352 e. The molecule has 10 heteroatoms. The molecule has 4 aromatic rings.